The maximum absolute atomic E-state index is 12.9. The van der Waals surface area contributed by atoms with E-state index in [4.69, 9.17) is 10.5 Å². The molecule has 3 N–H and O–H groups in total. The summed E-state index contributed by atoms with van der Waals surface area (Å²) in [6, 6.07) is 18.6. The first-order valence-electron chi connectivity index (χ1n) is 11.2. The van der Waals surface area contributed by atoms with E-state index >= 15 is 0 Å². The van der Waals surface area contributed by atoms with Crippen LogP contribution in [0.15, 0.2) is 71.6 Å². The van der Waals surface area contributed by atoms with Crippen LogP contribution < -0.4 is 16.0 Å². The summed E-state index contributed by atoms with van der Waals surface area (Å²) in [5, 5.41) is 2.13. The van der Waals surface area contributed by atoms with E-state index in [1.54, 1.807) is 24.3 Å². The molecule has 1 aliphatic rings. The van der Waals surface area contributed by atoms with Crippen LogP contribution in [0.25, 0.3) is 0 Å². The van der Waals surface area contributed by atoms with Gasteiger partial charge >= 0.3 is 5.97 Å². The van der Waals surface area contributed by atoms with Crippen LogP contribution in [0.2, 0.25) is 0 Å². The third kappa shape index (κ3) is 5.75. The predicted molar refractivity (Wildman–Crippen MR) is 139 cm³/mol. The first kappa shape index (κ1) is 25.0. The molecule has 1 heterocycles. The Bertz CT molecular complexity index is 1340. The van der Waals surface area contributed by atoms with Crippen LogP contribution in [0.3, 0.4) is 0 Å². The lowest BCUT2D eigenvalue weighted by Gasteiger charge is -2.15. The van der Waals surface area contributed by atoms with Gasteiger partial charge in [-0.25, -0.2) is 9.69 Å². The summed E-state index contributed by atoms with van der Waals surface area (Å²) >= 11 is 1.29. The van der Waals surface area contributed by atoms with Crippen LogP contribution in [-0.2, 0) is 19.1 Å². The first-order valence-corrected chi connectivity index (χ1v) is 12.1. The van der Waals surface area contributed by atoms with E-state index in [-0.39, 0.29) is 23.8 Å². The van der Waals surface area contributed by atoms with Crippen molar-refractivity contribution in [3.63, 3.8) is 0 Å². The Kier molecular flexibility index (Phi) is 7.40. The average Bonchev–Trinajstić information content (AvgIpc) is 3.12. The number of anilines is 3. The van der Waals surface area contributed by atoms with Crippen LogP contribution in [-0.4, -0.2) is 35.5 Å². The molecule has 4 rings (SSSR count). The zero-order chi connectivity index (χ0) is 25.8. The molecule has 0 bridgehead atoms. The second-order valence-electron chi connectivity index (χ2n) is 8.42. The molecule has 0 spiro atoms. The Morgan fingerprint density at radius 1 is 1.03 bits per heavy atom. The number of hydrogen-bond acceptors (Lipinski definition) is 7. The summed E-state index contributed by atoms with van der Waals surface area (Å²) in [6.45, 7) is 3.47. The third-order valence-electron chi connectivity index (χ3n) is 5.73. The average molecular weight is 504 g/mol. The summed E-state index contributed by atoms with van der Waals surface area (Å²) in [4.78, 5) is 51.9. The van der Waals surface area contributed by atoms with Crippen molar-refractivity contribution in [3.05, 3.63) is 83.4 Å². The summed E-state index contributed by atoms with van der Waals surface area (Å²) in [6.07, 6.45) is 0.0672. The second-order valence-corrected chi connectivity index (χ2v) is 9.70. The Labute approximate surface area is 212 Å². The number of amides is 3. The van der Waals surface area contributed by atoms with E-state index in [1.165, 1.54) is 36.0 Å². The minimum Gasteiger partial charge on any atom is -0.452 e. The van der Waals surface area contributed by atoms with Gasteiger partial charge in [-0.15, -0.1) is 11.8 Å². The number of carbonyl (C=O) groups excluding carboxylic acids is 4. The molecule has 1 unspecified atom stereocenters. The number of nitrogen functional groups attached to an aromatic ring is 1. The van der Waals surface area contributed by atoms with Crippen molar-refractivity contribution in [2.24, 2.45) is 0 Å². The lowest BCUT2D eigenvalue weighted by atomic mass is 10.1. The number of carbonyl (C=O) groups is 4. The van der Waals surface area contributed by atoms with E-state index < -0.39 is 23.7 Å². The van der Waals surface area contributed by atoms with Gasteiger partial charge in [0.1, 0.15) is 0 Å². The highest BCUT2D eigenvalue weighted by atomic mass is 32.2. The van der Waals surface area contributed by atoms with Gasteiger partial charge in [0.2, 0.25) is 11.8 Å². The fraction of sp³-hybridized carbons (Fsp3) is 0.185. The van der Waals surface area contributed by atoms with E-state index in [0.717, 1.165) is 20.9 Å². The first-order chi connectivity index (χ1) is 17.2. The summed E-state index contributed by atoms with van der Waals surface area (Å²) in [5.74, 6) is -1.79. The quantitative estimate of drug-likeness (QED) is 0.283. The highest BCUT2D eigenvalue weighted by molar-refractivity contribution is 8.00. The van der Waals surface area contributed by atoms with Crippen molar-refractivity contribution in [2.75, 3.05) is 22.6 Å². The van der Waals surface area contributed by atoms with Gasteiger partial charge in [0.05, 0.1) is 16.5 Å². The SMILES string of the molecule is Cc1ccc(NC(=O)COC(=O)c2ccc(N3C(=O)CC(Sc4cccc(N)c4)C3=O)cc2)cc1C. The number of benzene rings is 3. The van der Waals surface area contributed by atoms with Gasteiger partial charge in [-0.1, -0.05) is 12.1 Å². The van der Waals surface area contributed by atoms with Crippen molar-refractivity contribution in [1.29, 1.82) is 0 Å². The van der Waals surface area contributed by atoms with Crippen molar-refractivity contribution in [3.8, 4) is 0 Å². The molecule has 0 radical (unpaired) electrons. The molecule has 1 saturated heterocycles. The number of nitrogens with zero attached hydrogens (tertiary/aromatic N) is 1. The summed E-state index contributed by atoms with van der Waals surface area (Å²) in [7, 11) is 0. The molecule has 0 aliphatic carbocycles. The van der Waals surface area contributed by atoms with E-state index in [2.05, 4.69) is 5.32 Å². The summed E-state index contributed by atoms with van der Waals surface area (Å²) < 4.78 is 5.10. The minimum absolute atomic E-state index is 0.0672. The maximum Gasteiger partial charge on any atom is 0.338 e. The monoisotopic (exact) mass is 503 g/mol. The van der Waals surface area contributed by atoms with Crippen LogP contribution in [0, 0.1) is 13.8 Å². The number of aryl methyl sites for hydroxylation is 2. The molecule has 1 aliphatic heterocycles. The number of ether oxygens (including phenoxy) is 1. The lowest BCUT2D eigenvalue weighted by molar-refractivity contribution is -0.121. The van der Waals surface area contributed by atoms with Gasteiger partial charge in [0.25, 0.3) is 5.91 Å². The van der Waals surface area contributed by atoms with Crippen molar-refractivity contribution in [1.82, 2.24) is 0 Å². The van der Waals surface area contributed by atoms with Crippen molar-refractivity contribution < 1.29 is 23.9 Å². The number of imide groups is 1. The zero-order valence-electron chi connectivity index (χ0n) is 19.8. The van der Waals surface area contributed by atoms with Crippen LogP contribution in [0.5, 0.6) is 0 Å². The van der Waals surface area contributed by atoms with Gasteiger partial charge in [0, 0.05) is 22.7 Å². The second kappa shape index (κ2) is 10.7. The highest BCUT2D eigenvalue weighted by Gasteiger charge is 2.40. The smallest absolute Gasteiger partial charge is 0.338 e. The van der Waals surface area contributed by atoms with E-state index in [1.807, 2.05) is 32.0 Å². The molecule has 3 amide bonds. The Hall–Kier alpha value is -4.11. The van der Waals surface area contributed by atoms with Crippen LogP contribution >= 0.6 is 11.8 Å². The summed E-state index contributed by atoms with van der Waals surface area (Å²) in [5.41, 5.74) is 9.71. The molecule has 0 saturated carbocycles. The molecular weight excluding hydrogens is 478 g/mol. The van der Waals surface area contributed by atoms with Crippen molar-refractivity contribution >= 4 is 52.5 Å². The molecular formula is C27H25N3O5S. The fourth-order valence-electron chi connectivity index (χ4n) is 3.70. The Balaban J connectivity index is 1.34. The fourth-order valence-corrected chi connectivity index (χ4v) is 4.82. The Morgan fingerprint density at radius 3 is 2.47 bits per heavy atom. The number of nitrogens with one attached hydrogen (secondary N) is 1. The van der Waals surface area contributed by atoms with Crippen LogP contribution in [0.1, 0.15) is 27.9 Å². The topological polar surface area (TPSA) is 119 Å². The molecule has 184 valence electrons. The molecule has 3 aromatic carbocycles. The lowest BCUT2D eigenvalue weighted by Crippen LogP contribution is -2.31. The minimum atomic E-state index is -0.689. The standard InChI is InChI=1S/C27H25N3O5S/c1-16-6-9-20(12-17(16)2)29-24(31)15-35-27(34)18-7-10-21(11-8-18)30-25(32)14-23(26(30)33)36-22-5-3-4-19(28)13-22/h3-13,23H,14-15,28H2,1-2H3,(H,29,31). The molecule has 8 nitrogen and oxygen atoms in total. The van der Waals surface area contributed by atoms with Gasteiger partial charge in [-0.2, -0.15) is 0 Å². The zero-order valence-corrected chi connectivity index (χ0v) is 20.6. The van der Waals surface area contributed by atoms with Gasteiger partial charge in [-0.3, -0.25) is 14.4 Å². The largest absolute Gasteiger partial charge is 0.452 e. The van der Waals surface area contributed by atoms with E-state index in [9.17, 15) is 19.2 Å². The van der Waals surface area contributed by atoms with Gasteiger partial charge in [-0.05, 0) is 79.6 Å². The molecule has 1 atom stereocenters. The molecule has 0 aromatic heterocycles. The van der Waals surface area contributed by atoms with Gasteiger partial charge < -0.3 is 15.8 Å². The molecule has 1 fully saturated rings. The molecule has 9 heteroatoms. The predicted octanol–water partition coefficient (Wildman–Crippen LogP) is 4.11. The molecule has 3 aromatic rings. The third-order valence-corrected chi connectivity index (χ3v) is 6.91. The van der Waals surface area contributed by atoms with Gasteiger partial charge in [0.15, 0.2) is 6.61 Å². The highest BCUT2D eigenvalue weighted by Crippen LogP contribution is 2.34. The number of thioether (sulfide) groups is 1. The van der Waals surface area contributed by atoms with Crippen LogP contribution in [0.4, 0.5) is 17.1 Å². The Morgan fingerprint density at radius 2 is 1.78 bits per heavy atom. The normalized spacial score (nSPS) is 15.2. The number of esters is 1. The number of hydrogen-bond donors (Lipinski definition) is 2. The van der Waals surface area contributed by atoms with Crippen molar-refractivity contribution in [2.45, 2.75) is 30.4 Å². The maximum atomic E-state index is 12.9. The number of rotatable bonds is 7. The van der Waals surface area contributed by atoms with E-state index in [0.29, 0.717) is 17.1 Å². The molecule has 36 heavy (non-hydrogen) atoms. The number of nitrogens with two attached hydrogens (primary N) is 1.